The fraction of sp³-hybridized carbons (Fsp3) is 0.467. The molecule has 0 bridgehead atoms. The molecular weight excluding hydrogens is 257 g/mol. The van der Waals surface area contributed by atoms with E-state index in [1.54, 1.807) is 6.07 Å². The van der Waals surface area contributed by atoms with Crippen LogP contribution in [0.2, 0.25) is 0 Å². The summed E-state index contributed by atoms with van der Waals surface area (Å²) in [4.78, 5) is 10.6. The molecule has 0 atom stereocenters. The van der Waals surface area contributed by atoms with Crippen molar-refractivity contribution < 1.29 is 9.13 Å². The Kier molecular flexibility index (Phi) is 4.37. The van der Waals surface area contributed by atoms with Crippen LogP contribution in [-0.4, -0.2) is 30.2 Å². The molecular formula is C15H20FN3O. The predicted octanol–water partition coefficient (Wildman–Crippen LogP) is 3.40. The number of benzene rings is 1. The smallest absolute Gasteiger partial charge is 0.167 e. The number of fused-ring (bicyclic) bond motifs is 1. The van der Waals surface area contributed by atoms with Gasteiger partial charge in [-0.1, -0.05) is 13.8 Å². The molecule has 2 aromatic rings. The van der Waals surface area contributed by atoms with Gasteiger partial charge in [-0.25, -0.2) is 14.4 Å². The minimum atomic E-state index is -0.408. The number of rotatable bonds is 5. The summed E-state index contributed by atoms with van der Waals surface area (Å²) < 4.78 is 18.8. The maximum Gasteiger partial charge on any atom is 0.167 e. The monoisotopic (exact) mass is 277 g/mol. The van der Waals surface area contributed by atoms with Crippen molar-refractivity contribution in [3.63, 3.8) is 0 Å². The highest BCUT2D eigenvalue weighted by Gasteiger charge is 2.17. The molecule has 0 amide bonds. The first-order valence-corrected chi connectivity index (χ1v) is 6.83. The first-order chi connectivity index (χ1) is 9.62. The van der Waals surface area contributed by atoms with E-state index in [9.17, 15) is 4.39 Å². The summed E-state index contributed by atoms with van der Waals surface area (Å²) >= 11 is 0. The number of halogens is 1. The molecule has 0 radical (unpaired) electrons. The molecule has 5 heteroatoms. The number of aromatic nitrogens is 2. The summed E-state index contributed by atoms with van der Waals surface area (Å²) in [6, 6.07) is 3.45. The lowest BCUT2D eigenvalue weighted by molar-refractivity contribution is 0.387. The molecule has 2 rings (SSSR count). The zero-order valence-electron chi connectivity index (χ0n) is 12.4. The molecule has 0 fully saturated rings. The molecule has 0 saturated heterocycles. The summed E-state index contributed by atoms with van der Waals surface area (Å²) in [5.74, 6) is 0.614. The molecule has 0 N–H and O–H groups in total. The highest BCUT2D eigenvalue weighted by Crippen LogP contribution is 2.30. The maximum atomic E-state index is 13.7. The zero-order valence-corrected chi connectivity index (χ0v) is 12.4. The standard InChI is InChI=1S/C15H20FN3O/c1-5-10(6-2)19(3)15-11-7-14(20-4)12(16)8-13(11)17-9-18-15/h7-10H,5-6H2,1-4H3. The third-order valence-corrected chi connectivity index (χ3v) is 3.71. The lowest BCUT2D eigenvalue weighted by Crippen LogP contribution is -2.31. The van der Waals surface area contributed by atoms with Crippen LogP contribution in [0.1, 0.15) is 26.7 Å². The third-order valence-electron chi connectivity index (χ3n) is 3.71. The van der Waals surface area contributed by atoms with Crippen molar-refractivity contribution in [1.29, 1.82) is 0 Å². The first kappa shape index (κ1) is 14.5. The van der Waals surface area contributed by atoms with Gasteiger partial charge in [0.15, 0.2) is 11.6 Å². The minimum absolute atomic E-state index is 0.214. The second-order valence-corrected chi connectivity index (χ2v) is 4.78. The lowest BCUT2D eigenvalue weighted by atomic mass is 10.1. The highest BCUT2D eigenvalue weighted by atomic mass is 19.1. The molecule has 4 nitrogen and oxygen atoms in total. The Labute approximate surface area is 118 Å². The van der Waals surface area contributed by atoms with Gasteiger partial charge in [-0.3, -0.25) is 0 Å². The number of anilines is 1. The SMILES string of the molecule is CCC(CC)N(C)c1ncnc2cc(F)c(OC)cc12. The van der Waals surface area contributed by atoms with E-state index in [0.29, 0.717) is 11.6 Å². The topological polar surface area (TPSA) is 38.2 Å². The Morgan fingerprint density at radius 1 is 1.25 bits per heavy atom. The van der Waals surface area contributed by atoms with Crippen molar-refractivity contribution in [2.45, 2.75) is 32.7 Å². The van der Waals surface area contributed by atoms with Gasteiger partial charge in [0.2, 0.25) is 0 Å². The number of hydrogen-bond donors (Lipinski definition) is 0. The van der Waals surface area contributed by atoms with Crippen LogP contribution in [-0.2, 0) is 0 Å². The van der Waals surface area contributed by atoms with Gasteiger partial charge >= 0.3 is 0 Å². The second kappa shape index (κ2) is 6.03. The van der Waals surface area contributed by atoms with Crippen LogP contribution in [0.15, 0.2) is 18.5 Å². The fourth-order valence-electron chi connectivity index (χ4n) is 2.49. The largest absolute Gasteiger partial charge is 0.494 e. The predicted molar refractivity (Wildman–Crippen MR) is 78.8 cm³/mol. The van der Waals surface area contributed by atoms with Gasteiger partial charge in [0.25, 0.3) is 0 Å². The molecule has 0 saturated carbocycles. The van der Waals surface area contributed by atoms with Gasteiger partial charge in [-0.2, -0.15) is 0 Å². The number of nitrogens with zero attached hydrogens (tertiary/aromatic N) is 3. The van der Waals surface area contributed by atoms with Gasteiger partial charge in [-0.05, 0) is 18.9 Å². The van der Waals surface area contributed by atoms with E-state index >= 15 is 0 Å². The second-order valence-electron chi connectivity index (χ2n) is 4.78. The Morgan fingerprint density at radius 2 is 1.95 bits per heavy atom. The van der Waals surface area contributed by atoms with Crippen LogP contribution in [0.3, 0.4) is 0 Å². The van der Waals surface area contributed by atoms with E-state index in [0.717, 1.165) is 24.0 Å². The van der Waals surface area contributed by atoms with Crippen LogP contribution >= 0.6 is 0 Å². The molecule has 0 aliphatic heterocycles. The van der Waals surface area contributed by atoms with Gasteiger partial charge in [0, 0.05) is 24.5 Å². The summed E-state index contributed by atoms with van der Waals surface area (Å²) in [7, 11) is 3.47. The normalized spacial score (nSPS) is 11.1. The fourth-order valence-corrected chi connectivity index (χ4v) is 2.49. The van der Waals surface area contributed by atoms with Gasteiger partial charge < -0.3 is 9.64 Å². The van der Waals surface area contributed by atoms with Crippen molar-refractivity contribution in [3.8, 4) is 5.75 Å². The Hall–Kier alpha value is -1.91. The molecule has 0 unspecified atom stereocenters. The summed E-state index contributed by atoms with van der Waals surface area (Å²) in [6.07, 6.45) is 3.52. The molecule has 1 aromatic heterocycles. The Balaban J connectivity index is 2.58. The molecule has 0 aliphatic rings. The summed E-state index contributed by atoms with van der Waals surface area (Å²) in [5.41, 5.74) is 0.589. The average Bonchev–Trinajstić information content (AvgIpc) is 2.46. The van der Waals surface area contributed by atoms with E-state index in [1.165, 1.54) is 19.5 Å². The van der Waals surface area contributed by atoms with E-state index in [4.69, 9.17) is 4.74 Å². The average molecular weight is 277 g/mol. The van der Waals surface area contributed by atoms with Gasteiger partial charge in [0.05, 0.1) is 12.6 Å². The van der Waals surface area contributed by atoms with E-state index in [1.807, 2.05) is 7.05 Å². The quantitative estimate of drug-likeness (QED) is 0.839. The Bertz CT molecular complexity index is 599. The summed E-state index contributed by atoms with van der Waals surface area (Å²) in [5, 5.41) is 0.806. The minimum Gasteiger partial charge on any atom is -0.494 e. The number of hydrogen-bond acceptors (Lipinski definition) is 4. The molecule has 108 valence electrons. The van der Waals surface area contributed by atoms with Gasteiger partial charge in [0.1, 0.15) is 12.1 Å². The van der Waals surface area contributed by atoms with Crippen molar-refractivity contribution in [1.82, 2.24) is 9.97 Å². The highest BCUT2D eigenvalue weighted by molar-refractivity contribution is 5.90. The van der Waals surface area contributed by atoms with Crippen LogP contribution in [0.4, 0.5) is 10.2 Å². The van der Waals surface area contributed by atoms with Crippen LogP contribution in [0.5, 0.6) is 5.75 Å². The zero-order chi connectivity index (χ0) is 14.7. The molecule has 0 aliphatic carbocycles. The van der Waals surface area contributed by atoms with Crippen LogP contribution in [0, 0.1) is 5.82 Å². The van der Waals surface area contributed by atoms with Crippen molar-refractivity contribution in [2.75, 3.05) is 19.1 Å². The van der Waals surface area contributed by atoms with E-state index < -0.39 is 5.82 Å². The molecule has 1 aromatic carbocycles. The summed E-state index contributed by atoms with van der Waals surface area (Å²) in [6.45, 7) is 4.29. The van der Waals surface area contributed by atoms with Crippen LogP contribution in [0.25, 0.3) is 10.9 Å². The third kappa shape index (κ3) is 2.53. The van der Waals surface area contributed by atoms with E-state index in [2.05, 4.69) is 28.7 Å². The number of ether oxygens (including phenoxy) is 1. The number of methoxy groups -OCH3 is 1. The van der Waals surface area contributed by atoms with Crippen molar-refractivity contribution >= 4 is 16.7 Å². The molecule has 20 heavy (non-hydrogen) atoms. The van der Waals surface area contributed by atoms with Gasteiger partial charge in [-0.15, -0.1) is 0 Å². The maximum absolute atomic E-state index is 13.7. The van der Waals surface area contributed by atoms with Crippen molar-refractivity contribution in [2.24, 2.45) is 0 Å². The first-order valence-electron chi connectivity index (χ1n) is 6.83. The Morgan fingerprint density at radius 3 is 2.55 bits per heavy atom. The van der Waals surface area contributed by atoms with Crippen LogP contribution < -0.4 is 9.64 Å². The lowest BCUT2D eigenvalue weighted by Gasteiger charge is -2.28. The van der Waals surface area contributed by atoms with Crippen molar-refractivity contribution in [3.05, 3.63) is 24.3 Å². The molecule has 1 heterocycles. The van der Waals surface area contributed by atoms with E-state index in [-0.39, 0.29) is 5.75 Å². The molecule has 0 spiro atoms.